The highest BCUT2D eigenvalue weighted by Gasteiger charge is 2.19. The van der Waals surface area contributed by atoms with Gasteiger partial charge in [0, 0.05) is 13.1 Å². The molecule has 1 fully saturated rings. The standard InChI is InChI=1S/C20H19NO3.ClH/c22-20-16-8-4-5-9-17(16)24-18(14-21-10-12-23-13-11-21)19(20)15-6-2-1-3-7-15;/h1-9H,10-14H2;1H. The van der Waals surface area contributed by atoms with Gasteiger partial charge in [0.05, 0.1) is 30.7 Å². The van der Waals surface area contributed by atoms with Gasteiger partial charge in [0.2, 0.25) is 5.43 Å². The van der Waals surface area contributed by atoms with Gasteiger partial charge in [-0.05, 0) is 17.7 Å². The second kappa shape index (κ2) is 7.83. The molecular weight excluding hydrogens is 338 g/mol. The normalized spacial score (nSPS) is 15.0. The Kier molecular flexibility index (Phi) is 5.53. The summed E-state index contributed by atoms with van der Waals surface area (Å²) in [5, 5.41) is 0.627. The molecule has 0 aliphatic carbocycles. The maximum absolute atomic E-state index is 13.1. The number of ether oxygens (including phenoxy) is 1. The number of morpholine rings is 1. The van der Waals surface area contributed by atoms with Crippen LogP contribution in [0, 0.1) is 0 Å². The maximum Gasteiger partial charge on any atom is 0.200 e. The van der Waals surface area contributed by atoms with E-state index < -0.39 is 0 Å². The van der Waals surface area contributed by atoms with Gasteiger partial charge in [-0.25, -0.2) is 0 Å². The molecule has 2 heterocycles. The van der Waals surface area contributed by atoms with Gasteiger partial charge in [0.25, 0.3) is 0 Å². The molecule has 0 saturated carbocycles. The summed E-state index contributed by atoms with van der Waals surface area (Å²) in [6.45, 7) is 3.76. The lowest BCUT2D eigenvalue weighted by Crippen LogP contribution is -2.36. The van der Waals surface area contributed by atoms with Crippen molar-refractivity contribution in [2.45, 2.75) is 6.54 Å². The minimum atomic E-state index is 0. The van der Waals surface area contributed by atoms with Gasteiger partial charge in [0.15, 0.2) is 0 Å². The fourth-order valence-electron chi connectivity index (χ4n) is 3.16. The zero-order valence-corrected chi connectivity index (χ0v) is 14.6. The first kappa shape index (κ1) is 17.7. The van der Waals surface area contributed by atoms with Crippen LogP contribution in [0.4, 0.5) is 0 Å². The molecule has 0 atom stereocenters. The van der Waals surface area contributed by atoms with Gasteiger partial charge in [0.1, 0.15) is 11.3 Å². The van der Waals surface area contributed by atoms with Crippen molar-refractivity contribution in [3.05, 3.63) is 70.6 Å². The number of hydrogen-bond donors (Lipinski definition) is 0. The Bertz CT molecular complexity index is 902. The van der Waals surface area contributed by atoms with E-state index >= 15 is 0 Å². The van der Waals surface area contributed by atoms with Crippen molar-refractivity contribution in [2.24, 2.45) is 0 Å². The number of fused-ring (bicyclic) bond motifs is 1. The highest BCUT2D eigenvalue weighted by Crippen LogP contribution is 2.25. The number of halogens is 1. The van der Waals surface area contributed by atoms with E-state index in [1.54, 1.807) is 0 Å². The molecule has 3 aromatic rings. The fraction of sp³-hybridized carbons (Fsp3) is 0.250. The molecule has 1 saturated heterocycles. The molecule has 4 rings (SSSR count). The Labute approximate surface area is 152 Å². The van der Waals surface area contributed by atoms with Crippen LogP contribution in [0.15, 0.2) is 63.8 Å². The Morgan fingerprint density at radius 1 is 0.920 bits per heavy atom. The minimum Gasteiger partial charge on any atom is -0.459 e. The van der Waals surface area contributed by atoms with Crippen LogP contribution in [0.3, 0.4) is 0 Å². The van der Waals surface area contributed by atoms with Crippen molar-refractivity contribution in [1.82, 2.24) is 4.90 Å². The quantitative estimate of drug-likeness (QED) is 0.716. The van der Waals surface area contributed by atoms with Gasteiger partial charge in [-0.1, -0.05) is 42.5 Å². The van der Waals surface area contributed by atoms with Crippen LogP contribution in [-0.2, 0) is 11.3 Å². The Morgan fingerprint density at radius 3 is 2.36 bits per heavy atom. The predicted octanol–water partition coefficient (Wildman–Crippen LogP) is 3.71. The van der Waals surface area contributed by atoms with E-state index in [4.69, 9.17) is 9.15 Å². The minimum absolute atomic E-state index is 0. The lowest BCUT2D eigenvalue weighted by atomic mass is 10.0. The third-order valence-electron chi connectivity index (χ3n) is 4.40. The molecule has 5 heteroatoms. The average Bonchev–Trinajstić information content (AvgIpc) is 2.64. The van der Waals surface area contributed by atoms with E-state index in [1.165, 1.54) is 0 Å². The summed E-state index contributed by atoms with van der Waals surface area (Å²) in [6.07, 6.45) is 0. The third-order valence-corrected chi connectivity index (χ3v) is 4.40. The predicted molar refractivity (Wildman–Crippen MR) is 101 cm³/mol. The van der Waals surface area contributed by atoms with E-state index in [2.05, 4.69) is 4.90 Å². The Morgan fingerprint density at radius 2 is 1.60 bits per heavy atom. The van der Waals surface area contributed by atoms with Crippen LogP contribution in [0.25, 0.3) is 22.1 Å². The van der Waals surface area contributed by atoms with Crippen molar-refractivity contribution in [2.75, 3.05) is 26.3 Å². The first-order valence-electron chi connectivity index (χ1n) is 8.23. The summed E-state index contributed by atoms with van der Waals surface area (Å²) in [6, 6.07) is 17.2. The smallest absolute Gasteiger partial charge is 0.200 e. The van der Waals surface area contributed by atoms with Crippen molar-refractivity contribution in [3.63, 3.8) is 0 Å². The summed E-state index contributed by atoms with van der Waals surface area (Å²) < 4.78 is 11.6. The summed E-state index contributed by atoms with van der Waals surface area (Å²) in [5.74, 6) is 0.729. The molecule has 0 unspecified atom stereocenters. The molecule has 0 spiro atoms. The second-order valence-electron chi connectivity index (χ2n) is 5.98. The first-order valence-corrected chi connectivity index (χ1v) is 8.23. The van der Waals surface area contributed by atoms with Gasteiger partial charge in [-0.2, -0.15) is 0 Å². The van der Waals surface area contributed by atoms with Crippen molar-refractivity contribution in [1.29, 1.82) is 0 Å². The Balaban J connectivity index is 0.00000182. The molecule has 0 amide bonds. The molecule has 1 aliphatic heterocycles. The van der Waals surface area contributed by atoms with E-state index in [0.717, 1.165) is 37.6 Å². The molecule has 1 aromatic heterocycles. The molecule has 0 N–H and O–H groups in total. The molecule has 0 bridgehead atoms. The maximum atomic E-state index is 13.1. The highest BCUT2D eigenvalue weighted by molar-refractivity contribution is 5.85. The van der Waals surface area contributed by atoms with Crippen molar-refractivity contribution in [3.8, 4) is 11.1 Å². The monoisotopic (exact) mass is 357 g/mol. The lowest BCUT2D eigenvalue weighted by molar-refractivity contribution is 0.0315. The summed E-state index contributed by atoms with van der Waals surface area (Å²) in [4.78, 5) is 15.4. The third kappa shape index (κ3) is 3.61. The van der Waals surface area contributed by atoms with E-state index in [1.807, 2.05) is 54.6 Å². The molecule has 25 heavy (non-hydrogen) atoms. The average molecular weight is 358 g/mol. The largest absolute Gasteiger partial charge is 0.459 e. The molecule has 2 aromatic carbocycles. The summed E-state index contributed by atoms with van der Waals surface area (Å²) >= 11 is 0. The van der Waals surface area contributed by atoms with Crippen LogP contribution >= 0.6 is 12.4 Å². The van der Waals surface area contributed by atoms with Gasteiger partial charge in [-0.3, -0.25) is 9.69 Å². The lowest BCUT2D eigenvalue weighted by Gasteiger charge is -2.26. The zero-order valence-electron chi connectivity index (χ0n) is 13.8. The van der Waals surface area contributed by atoms with Crippen LogP contribution < -0.4 is 5.43 Å². The topological polar surface area (TPSA) is 42.7 Å². The van der Waals surface area contributed by atoms with Crippen molar-refractivity contribution >= 4 is 23.4 Å². The second-order valence-corrected chi connectivity index (χ2v) is 5.98. The molecule has 130 valence electrons. The first-order chi connectivity index (χ1) is 11.8. The highest BCUT2D eigenvalue weighted by atomic mass is 35.5. The van der Waals surface area contributed by atoms with Crippen LogP contribution in [0.5, 0.6) is 0 Å². The summed E-state index contributed by atoms with van der Waals surface area (Å²) in [5.41, 5.74) is 2.25. The fourth-order valence-corrected chi connectivity index (χ4v) is 3.16. The Hall–Kier alpha value is -2.14. The van der Waals surface area contributed by atoms with E-state index in [-0.39, 0.29) is 17.8 Å². The SMILES string of the molecule is Cl.O=c1c(-c2ccccc2)c(CN2CCOCC2)oc2ccccc12. The molecule has 4 nitrogen and oxygen atoms in total. The van der Waals surface area contributed by atoms with Crippen LogP contribution in [-0.4, -0.2) is 31.2 Å². The van der Waals surface area contributed by atoms with Crippen molar-refractivity contribution < 1.29 is 9.15 Å². The van der Waals surface area contributed by atoms with Crippen LogP contribution in [0.1, 0.15) is 5.76 Å². The molecule has 0 radical (unpaired) electrons. The van der Waals surface area contributed by atoms with E-state index in [0.29, 0.717) is 23.1 Å². The zero-order chi connectivity index (χ0) is 16.4. The van der Waals surface area contributed by atoms with Gasteiger partial charge in [-0.15, -0.1) is 12.4 Å². The number of para-hydroxylation sites is 1. The number of rotatable bonds is 3. The van der Waals surface area contributed by atoms with Gasteiger partial charge >= 0.3 is 0 Å². The number of nitrogens with zero attached hydrogens (tertiary/aromatic N) is 1. The molecule has 1 aliphatic rings. The number of benzene rings is 2. The number of hydrogen-bond acceptors (Lipinski definition) is 4. The van der Waals surface area contributed by atoms with E-state index in [9.17, 15) is 4.79 Å². The van der Waals surface area contributed by atoms with Crippen LogP contribution in [0.2, 0.25) is 0 Å². The molecular formula is C20H20ClNO3. The summed E-state index contributed by atoms with van der Waals surface area (Å²) in [7, 11) is 0. The van der Waals surface area contributed by atoms with Gasteiger partial charge < -0.3 is 9.15 Å².